The third kappa shape index (κ3) is 5.20. The van der Waals surface area contributed by atoms with E-state index in [1.54, 1.807) is 12.1 Å². The van der Waals surface area contributed by atoms with Crippen LogP contribution in [0.2, 0.25) is 0 Å². The lowest BCUT2D eigenvalue weighted by Gasteiger charge is -2.15. The quantitative estimate of drug-likeness (QED) is 0.790. The Bertz CT molecular complexity index is 504. The molecule has 1 aliphatic rings. The van der Waals surface area contributed by atoms with E-state index in [9.17, 15) is 8.42 Å². The van der Waals surface area contributed by atoms with E-state index >= 15 is 0 Å². The zero-order valence-electron chi connectivity index (χ0n) is 11.7. The van der Waals surface area contributed by atoms with Crippen LogP contribution >= 0.6 is 0 Å². The summed E-state index contributed by atoms with van der Waals surface area (Å²) in [6.45, 7) is 4.00. The summed E-state index contributed by atoms with van der Waals surface area (Å²) in [5.41, 5.74) is 0.747. The van der Waals surface area contributed by atoms with Crippen LogP contribution in [-0.4, -0.2) is 40.2 Å². The second-order valence-electron chi connectivity index (χ2n) is 5.22. The Hall–Kier alpha value is -0.950. The molecule has 1 saturated heterocycles. The molecule has 2 N–H and O–H groups in total. The van der Waals surface area contributed by atoms with Crippen molar-refractivity contribution in [1.29, 1.82) is 0 Å². The Balaban J connectivity index is 1.83. The zero-order valence-corrected chi connectivity index (χ0v) is 12.5. The summed E-state index contributed by atoms with van der Waals surface area (Å²) in [7, 11) is -3.52. The van der Waals surface area contributed by atoms with Crippen LogP contribution in [0.5, 0.6) is 0 Å². The fourth-order valence-electron chi connectivity index (χ4n) is 2.17. The lowest BCUT2D eigenvalue weighted by Crippen LogP contribution is -2.37. The lowest BCUT2D eigenvalue weighted by atomic mass is 10.2. The molecule has 1 heterocycles. The van der Waals surface area contributed by atoms with Gasteiger partial charge in [-0.1, -0.05) is 30.3 Å². The number of nitrogens with one attached hydrogen (secondary N) is 2. The Morgan fingerprint density at radius 2 is 2.00 bits per heavy atom. The second kappa shape index (κ2) is 7.17. The number of benzene rings is 1. The molecule has 0 saturated carbocycles. The zero-order chi connectivity index (χ0) is 14.4. The van der Waals surface area contributed by atoms with Crippen LogP contribution in [-0.2, 0) is 20.1 Å². The molecule has 2 atom stereocenters. The normalized spacial score (nSPS) is 24.2. The highest BCUT2D eigenvalue weighted by atomic mass is 32.2. The van der Waals surface area contributed by atoms with E-state index in [0.29, 0.717) is 6.04 Å². The maximum atomic E-state index is 11.9. The summed E-state index contributed by atoms with van der Waals surface area (Å²) >= 11 is 0. The van der Waals surface area contributed by atoms with Crippen molar-refractivity contribution in [3.8, 4) is 0 Å². The molecule has 1 aliphatic heterocycles. The second-order valence-corrected chi connectivity index (χ2v) is 6.86. The van der Waals surface area contributed by atoms with Gasteiger partial charge in [0.15, 0.2) is 0 Å². The van der Waals surface area contributed by atoms with Crippen LogP contribution in [0.3, 0.4) is 0 Å². The van der Waals surface area contributed by atoms with Crippen molar-refractivity contribution >= 4 is 10.1 Å². The van der Waals surface area contributed by atoms with E-state index < -0.39 is 10.1 Å². The minimum Gasteiger partial charge on any atom is -0.313 e. The Morgan fingerprint density at radius 1 is 1.25 bits per heavy atom. The van der Waals surface area contributed by atoms with E-state index in [-0.39, 0.29) is 18.4 Å². The van der Waals surface area contributed by atoms with E-state index in [4.69, 9.17) is 4.18 Å². The van der Waals surface area contributed by atoms with Crippen molar-refractivity contribution in [2.45, 2.75) is 31.2 Å². The summed E-state index contributed by atoms with van der Waals surface area (Å²) in [6.07, 6.45) is 0.866. The van der Waals surface area contributed by atoms with Crippen LogP contribution < -0.4 is 10.6 Å². The van der Waals surface area contributed by atoms with Gasteiger partial charge < -0.3 is 10.6 Å². The Kier molecular flexibility index (Phi) is 5.54. The molecule has 0 bridgehead atoms. The third-order valence-electron chi connectivity index (χ3n) is 3.33. The highest BCUT2D eigenvalue weighted by molar-refractivity contribution is 7.85. The van der Waals surface area contributed by atoms with Crippen molar-refractivity contribution in [1.82, 2.24) is 10.6 Å². The predicted molar refractivity (Wildman–Crippen MR) is 78.9 cm³/mol. The van der Waals surface area contributed by atoms with Gasteiger partial charge in [0.25, 0.3) is 10.1 Å². The summed E-state index contributed by atoms with van der Waals surface area (Å²) in [4.78, 5) is 0. The molecule has 1 fully saturated rings. The molecule has 0 aromatic heterocycles. The van der Waals surface area contributed by atoms with Crippen LogP contribution in [0.1, 0.15) is 18.9 Å². The van der Waals surface area contributed by atoms with Crippen molar-refractivity contribution in [2.24, 2.45) is 0 Å². The van der Waals surface area contributed by atoms with Gasteiger partial charge in [-0.2, -0.15) is 8.42 Å². The first-order valence-corrected chi connectivity index (χ1v) is 8.51. The van der Waals surface area contributed by atoms with Crippen LogP contribution in [0.15, 0.2) is 30.3 Å². The maximum Gasteiger partial charge on any atom is 0.271 e. The monoisotopic (exact) mass is 298 g/mol. The molecule has 0 amide bonds. The van der Waals surface area contributed by atoms with Gasteiger partial charge >= 0.3 is 0 Å². The van der Waals surface area contributed by atoms with E-state index in [0.717, 1.165) is 25.1 Å². The first kappa shape index (κ1) is 15.4. The summed E-state index contributed by atoms with van der Waals surface area (Å²) in [6, 6.07) is 9.57. The van der Waals surface area contributed by atoms with Crippen molar-refractivity contribution in [3.05, 3.63) is 35.9 Å². The molecule has 0 spiro atoms. The number of rotatable bonds is 5. The highest BCUT2D eigenvalue weighted by Gasteiger charge is 2.19. The molecule has 0 aliphatic carbocycles. The summed E-state index contributed by atoms with van der Waals surface area (Å²) in [5.74, 6) is -0.0742. The topological polar surface area (TPSA) is 67.4 Å². The Labute approximate surface area is 120 Å². The summed E-state index contributed by atoms with van der Waals surface area (Å²) in [5, 5.41) is 6.66. The number of hydrogen-bond donors (Lipinski definition) is 2. The van der Waals surface area contributed by atoms with E-state index in [1.165, 1.54) is 0 Å². The Morgan fingerprint density at radius 3 is 2.75 bits per heavy atom. The minimum atomic E-state index is -3.52. The first-order chi connectivity index (χ1) is 9.55. The summed E-state index contributed by atoms with van der Waals surface area (Å²) < 4.78 is 29.0. The molecule has 1 aromatic carbocycles. The smallest absolute Gasteiger partial charge is 0.271 e. The van der Waals surface area contributed by atoms with Gasteiger partial charge in [0, 0.05) is 18.6 Å². The molecule has 5 nitrogen and oxygen atoms in total. The van der Waals surface area contributed by atoms with Gasteiger partial charge in [-0.3, -0.25) is 4.18 Å². The molecular formula is C14H22N2O3S. The molecule has 112 valence electrons. The third-order valence-corrected chi connectivity index (χ3v) is 4.52. The predicted octanol–water partition coefficient (Wildman–Crippen LogP) is 0.873. The highest BCUT2D eigenvalue weighted by Crippen LogP contribution is 2.08. The molecular weight excluding hydrogens is 276 g/mol. The maximum absolute atomic E-state index is 11.9. The van der Waals surface area contributed by atoms with Crippen LogP contribution in [0.4, 0.5) is 0 Å². The van der Waals surface area contributed by atoms with Crippen LogP contribution in [0.25, 0.3) is 0 Å². The van der Waals surface area contributed by atoms with Gasteiger partial charge in [-0.05, 0) is 25.5 Å². The molecule has 1 aromatic rings. The molecule has 2 rings (SSSR count). The molecule has 0 radical (unpaired) electrons. The van der Waals surface area contributed by atoms with Crippen molar-refractivity contribution in [3.63, 3.8) is 0 Å². The van der Waals surface area contributed by atoms with E-state index in [2.05, 4.69) is 17.6 Å². The number of hydrogen-bond acceptors (Lipinski definition) is 5. The first-order valence-electron chi connectivity index (χ1n) is 6.93. The minimum absolute atomic E-state index is 0.0742. The van der Waals surface area contributed by atoms with Gasteiger partial charge in [-0.15, -0.1) is 0 Å². The van der Waals surface area contributed by atoms with E-state index in [1.807, 2.05) is 18.2 Å². The average Bonchev–Trinajstić information content (AvgIpc) is 2.62. The van der Waals surface area contributed by atoms with Crippen molar-refractivity contribution < 1.29 is 12.6 Å². The van der Waals surface area contributed by atoms with Crippen LogP contribution in [0, 0.1) is 0 Å². The standard InChI is InChI=1S/C14H22N2O3S/c1-12-9-16-14(7-8-15-12)10-19-20(17,18)11-13-5-3-2-4-6-13/h2-6,12,14-16H,7-11H2,1H3/t12-,14-/m0/s1. The molecule has 0 unspecified atom stereocenters. The fourth-order valence-corrected chi connectivity index (χ4v) is 3.23. The fraction of sp³-hybridized carbons (Fsp3) is 0.571. The van der Waals surface area contributed by atoms with Gasteiger partial charge in [-0.25, -0.2) is 0 Å². The SMILES string of the molecule is C[C@H]1CN[C@H](COS(=O)(=O)Cc2ccccc2)CCN1. The largest absolute Gasteiger partial charge is 0.313 e. The van der Waals surface area contributed by atoms with Crippen molar-refractivity contribution in [2.75, 3.05) is 19.7 Å². The van der Waals surface area contributed by atoms with Gasteiger partial charge in [0.05, 0.1) is 6.61 Å². The van der Waals surface area contributed by atoms with Gasteiger partial charge in [0.1, 0.15) is 5.75 Å². The van der Waals surface area contributed by atoms with Gasteiger partial charge in [0.2, 0.25) is 0 Å². The molecule has 20 heavy (non-hydrogen) atoms. The molecule has 6 heteroatoms. The lowest BCUT2D eigenvalue weighted by molar-refractivity contribution is 0.266. The average molecular weight is 298 g/mol.